The molecular formula is C16H10FNO3S. The summed E-state index contributed by atoms with van der Waals surface area (Å²) in [6.45, 7) is 0. The SMILES string of the molecule is O=C1Nc2cc(C(=O)O)ccc2S/C1=C\c1ccccc1F. The molecule has 22 heavy (non-hydrogen) atoms. The molecule has 2 N–H and O–H groups in total. The molecule has 4 nitrogen and oxygen atoms in total. The number of hydrogen-bond acceptors (Lipinski definition) is 3. The third-order valence-electron chi connectivity index (χ3n) is 3.11. The van der Waals surface area contributed by atoms with Gasteiger partial charge in [-0.3, -0.25) is 4.79 Å². The highest BCUT2D eigenvalue weighted by Gasteiger charge is 2.22. The van der Waals surface area contributed by atoms with Gasteiger partial charge in [-0.25, -0.2) is 9.18 Å². The molecule has 6 heteroatoms. The molecule has 0 spiro atoms. The zero-order valence-corrected chi connectivity index (χ0v) is 12.0. The summed E-state index contributed by atoms with van der Waals surface area (Å²) < 4.78 is 13.7. The molecule has 0 unspecified atom stereocenters. The van der Waals surface area contributed by atoms with Gasteiger partial charge in [-0.1, -0.05) is 30.0 Å². The van der Waals surface area contributed by atoms with Gasteiger partial charge in [0.05, 0.1) is 16.2 Å². The number of fused-ring (bicyclic) bond motifs is 1. The number of anilines is 1. The first-order valence-corrected chi connectivity index (χ1v) is 7.19. The van der Waals surface area contributed by atoms with Crippen molar-refractivity contribution in [1.82, 2.24) is 0 Å². The average Bonchev–Trinajstić information content (AvgIpc) is 2.49. The summed E-state index contributed by atoms with van der Waals surface area (Å²) in [5.74, 6) is -1.85. The van der Waals surface area contributed by atoms with E-state index in [2.05, 4.69) is 5.32 Å². The highest BCUT2D eigenvalue weighted by molar-refractivity contribution is 8.04. The Morgan fingerprint density at radius 3 is 2.73 bits per heavy atom. The van der Waals surface area contributed by atoms with Crippen LogP contribution >= 0.6 is 11.8 Å². The Bertz CT molecular complexity index is 817. The van der Waals surface area contributed by atoms with Gasteiger partial charge in [-0.05, 0) is 30.3 Å². The highest BCUT2D eigenvalue weighted by Crippen LogP contribution is 2.39. The summed E-state index contributed by atoms with van der Waals surface area (Å²) in [5.41, 5.74) is 0.868. The number of carbonyl (C=O) groups excluding carboxylic acids is 1. The predicted molar refractivity (Wildman–Crippen MR) is 82.3 cm³/mol. The molecule has 0 atom stereocenters. The molecule has 0 saturated carbocycles. The molecule has 1 aliphatic rings. The molecule has 1 amide bonds. The van der Waals surface area contributed by atoms with E-state index in [0.717, 1.165) is 0 Å². The Labute approximate surface area is 129 Å². The fourth-order valence-corrected chi connectivity index (χ4v) is 2.95. The van der Waals surface area contributed by atoms with Gasteiger partial charge in [0, 0.05) is 10.5 Å². The first-order chi connectivity index (χ1) is 10.5. The Hall–Kier alpha value is -2.60. The van der Waals surface area contributed by atoms with Crippen molar-refractivity contribution in [1.29, 1.82) is 0 Å². The van der Waals surface area contributed by atoms with E-state index in [4.69, 9.17) is 5.11 Å². The number of aromatic carboxylic acids is 1. The molecule has 2 aromatic carbocycles. The fourth-order valence-electron chi connectivity index (χ4n) is 2.03. The number of carboxylic acid groups (broad SMARTS) is 1. The molecule has 1 aliphatic heterocycles. The van der Waals surface area contributed by atoms with Crippen molar-refractivity contribution in [3.05, 3.63) is 64.3 Å². The minimum Gasteiger partial charge on any atom is -0.478 e. The van der Waals surface area contributed by atoms with Crippen LogP contribution < -0.4 is 5.32 Å². The van der Waals surface area contributed by atoms with E-state index >= 15 is 0 Å². The van der Waals surface area contributed by atoms with Crippen molar-refractivity contribution in [2.45, 2.75) is 4.90 Å². The van der Waals surface area contributed by atoms with Crippen molar-refractivity contribution in [2.75, 3.05) is 5.32 Å². The third kappa shape index (κ3) is 2.73. The van der Waals surface area contributed by atoms with Gasteiger partial charge in [0.25, 0.3) is 5.91 Å². The summed E-state index contributed by atoms with van der Waals surface area (Å²) in [4.78, 5) is 24.1. The maximum atomic E-state index is 13.7. The molecule has 110 valence electrons. The second-order valence-corrected chi connectivity index (χ2v) is 5.69. The summed E-state index contributed by atoms with van der Waals surface area (Å²) in [6, 6.07) is 10.7. The largest absolute Gasteiger partial charge is 0.478 e. The third-order valence-corrected chi connectivity index (χ3v) is 4.21. The standard InChI is InChI=1S/C16H10FNO3S/c17-11-4-2-1-3-9(11)8-14-15(19)18-12-7-10(16(20)21)5-6-13(12)22-14/h1-8H,(H,18,19)(H,20,21)/b14-8-. The number of halogens is 1. The summed E-state index contributed by atoms with van der Waals surface area (Å²) in [6.07, 6.45) is 1.48. The van der Waals surface area contributed by atoms with Crippen LogP contribution in [0.3, 0.4) is 0 Å². The van der Waals surface area contributed by atoms with Gasteiger partial charge in [0.1, 0.15) is 5.82 Å². The lowest BCUT2D eigenvalue weighted by atomic mass is 10.2. The van der Waals surface area contributed by atoms with E-state index in [-0.39, 0.29) is 11.5 Å². The van der Waals surface area contributed by atoms with E-state index in [1.54, 1.807) is 24.3 Å². The second-order valence-electron chi connectivity index (χ2n) is 4.60. The predicted octanol–water partition coefficient (Wildman–Crippen LogP) is 3.61. The number of carboxylic acids is 1. The van der Waals surface area contributed by atoms with Gasteiger partial charge < -0.3 is 10.4 Å². The van der Waals surface area contributed by atoms with E-state index in [1.165, 1.54) is 36.0 Å². The van der Waals surface area contributed by atoms with Gasteiger partial charge in [0.15, 0.2) is 0 Å². The maximum absolute atomic E-state index is 13.7. The van der Waals surface area contributed by atoms with Gasteiger partial charge in [0.2, 0.25) is 0 Å². The molecule has 0 saturated heterocycles. The van der Waals surface area contributed by atoms with E-state index < -0.39 is 11.8 Å². The molecule has 0 fully saturated rings. The van der Waals surface area contributed by atoms with Crippen LogP contribution in [0.15, 0.2) is 52.3 Å². The Morgan fingerprint density at radius 2 is 2.00 bits per heavy atom. The molecule has 0 bridgehead atoms. The van der Waals surface area contributed by atoms with Crippen LogP contribution in [0, 0.1) is 5.82 Å². The fraction of sp³-hybridized carbons (Fsp3) is 0. The summed E-state index contributed by atoms with van der Waals surface area (Å²) in [5, 5.41) is 11.6. The lowest BCUT2D eigenvalue weighted by Crippen LogP contribution is -2.17. The van der Waals surface area contributed by atoms with Crippen molar-refractivity contribution >= 4 is 35.4 Å². The number of benzene rings is 2. The number of amides is 1. The molecular weight excluding hydrogens is 305 g/mol. The molecule has 0 aliphatic carbocycles. The van der Waals surface area contributed by atoms with Crippen molar-refractivity contribution < 1.29 is 19.1 Å². The lowest BCUT2D eigenvalue weighted by Gasteiger charge is -2.19. The quantitative estimate of drug-likeness (QED) is 0.831. The average molecular weight is 315 g/mol. The number of nitrogens with one attached hydrogen (secondary N) is 1. The van der Waals surface area contributed by atoms with E-state index in [0.29, 0.717) is 21.1 Å². The molecule has 2 aromatic rings. The van der Waals surface area contributed by atoms with Crippen molar-refractivity contribution in [2.24, 2.45) is 0 Å². The topological polar surface area (TPSA) is 66.4 Å². The van der Waals surface area contributed by atoms with Gasteiger partial charge >= 0.3 is 5.97 Å². The number of carbonyl (C=O) groups is 2. The van der Waals surface area contributed by atoms with Crippen molar-refractivity contribution in [3.63, 3.8) is 0 Å². The normalized spacial score (nSPS) is 15.3. The van der Waals surface area contributed by atoms with Crippen LogP contribution in [0.1, 0.15) is 15.9 Å². The van der Waals surface area contributed by atoms with Crippen LogP contribution in [-0.4, -0.2) is 17.0 Å². The number of rotatable bonds is 2. The van der Waals surface area contributed by atoms with Crippen LogP contribution in [-0.2, 0) is 4.79 Å². The van der Waals surface area contributed by atoms with E-state index in [1.807, 2.05) is 0 Å². The number of hydrogen-bond donors (Lipinski definition) is 2. The maximum Gasteiger partial charge on any atom is 0.335 e. The Kier molecular flexibility index (Phi) is 3.68. The Morgan fingerprint density at radius 1 is 1.23 bits per heavy atom. The lowest BCUT2D eigenvalue weighted by molar-refractivity contribution is -0.112. The van der Waals surface area contributed by atoms with Crippen LogP contribution in [0.4, 0.5) is 10.1 Å². The first kappa shape index (κ1) is 14.3. The minimum atomic E-state index is -1.06. The highest BCUT2D eigenvalue weighted by atomic mass is 32.2. The van der Waals surface area contributed by atoms with Crippen LogP contribution in [0.25, 0.3) is 6.08 Å². The minimum absolute atomic E-state index is 0.0983. The number of thioether (sulfide) groups is 1. The van der Waals surface area contributed by atoms with E-state index in [9.17, 15) is 14.0 Å². The Balaban J connectivity index is 1.97. The second kappa shape index (κ2) is 5.65. The zero-order chi connectivity index (χ0) is 15.7. The molecule has 0 aromatic heterocycles. The van der Waals surface area contributed by atoms with Gasteiger partial charge in [-0.15, -0.1) is 0 Å². The summed E-state index contributed by atoms with van der Waals surface area (Å²) >= 11 is 1.18. The molecule has 1 heterocycles. The van der Waals surface area contributed by atoms with Crippen molar-refractivity contribution in [3.8, 4) is 0 Å². The zero-order valence-electron chi connectivity index (χ0n) is 11.2. The van der Waals surface area contributed by atoms with Crippen LogP contribution in [0.2, 0.25) is 0 Å². The summed E-state index contributed by atoms with van der Waals surface area (Å²) in [7, 11) is 0. The molecule has 3 rings (SSSR count). The monoisotopic (exact) mass is 315 g/mol. The first-order valence-electron chi connectivity index (χ1n) is 6.37. The van der Waals surface area contributed by atoms with Gasteiger partial charge in [-0.2, -0.15) is 0 Å². The molecule has 0 radical (unpaired) electrons. The van der Waals surface area contributed by atoms with Crippen LogP contribution in [0.5, 0.6) is 0 Å². The smallest absolute Gasteiger partial charge is 0.335 e.